The van der Waals surface area contributed by atoms with Crippen LogP contribution in [0.2, 0.25) is 0 Å². The molecule has 0 amide bonds. The van der Waals surface area contributed by atoms with Crippen LogP contribution in [-0.2, 0) is 13.1 Å². The summed E-state index contributed by atoms with van der Waals surface area (Å²) in [4.78, 5) is 4.01. The van der Waals surface area contributed by atoms with Gasteiger partial charge in [0.2, 0.25) is 0 Å². The standard InChI is InChI=1S/C19H19N3/c1-2-4-18(5-3-1)21-14-16-6-8-17(9-7-16)15-22-19-10-12-20-13-11-19/h1-13,21H,14-15H2,(H,20,22). The van der Waals surface area contributed by atoms with E-state index in [-0.39, 0.29) is 0 Å². The Morgan fingerprint density at radius 2 is 1.09 bits per heavy atom. The van der Waals surface area contributed by atoms with Gasteiger partial charge >= 0.3 is 0 Å². The highest BCUT2D eigenvalue weighted by molar-refractivity contribution is 5.44. The molecule has 0 atom stereocenters. The fraction of sp³-hybridized carbons (Fsp3) is 0.105. The largest absolute Gasteiger partial charge is 0.381 e. The van der Waals surface area contributed by atoms with Crippen LogP contribution in [0.4, 0.5) is 11.4 Å². The SMILES string of the molecule is c1ccc(NCc2ccc(CNc3ccncc3)cc2)cc1. The van der Waals surface area contributed by atoms with Crippen LogP contribution in [-0.4, -0.2) is 4.98 Å². The Bertz CT molecular complexity index is 616. The van der Waals surface area contributed by atoms with Gasteiger partial charge in [0.05, 0.1) is 0 Å². The summed E-state index contributed by atoms with van der Waals surface area (Å²) < 4.78 is 0. The van der Waals surface area contributed by atoms with E-state index in [0.717, 1.165) is 24.5 Å². The fourth-order valence-corrected chi connectivity index (χ4v) is 2.21. The van der Waals surface area contributed by atoms with Crippen LogP contribution < -0.4 is 10.6 Å². The van der Waals surface area contributed by atoms with E-state index in [1.165, 1.54) is 11.1 Å². The maximum atomic E-state index is 4.01. The van der Waals surface area contributed by atoms with Crippen molar-refractivity contribution in [1.29, 1.82) is 0 Å². The molecule has 22 heavy (non-hydrogen) atoms. The van der Waals surface area contributed by atoms with Crippen LogP contribution in [0.25, 0.3) is 0 Å². The molecule has 2 N–H and O–H groups in total. The maximum absolute atomic E-state index is 4.01. The van der Waals surface area contributed by atoms with E-state index in [2.05, 4.69) is 52.0 Å². The van der Waals surface area contributed by atoms with Crippen molar-refractivity contribution >= 4 is 11.4 Å². The molecule has 0 radical (unpaired) electrons. The van der Waals surface area contributed by atoms with Gasteiger partial charge < -0.3 is 10.6 Å². The predicted octanol–water partition coefficient (Wildman–Crippen LogP) is 4.31. The minimum absolute atomic E-state index is 0.816. The number of hydrogen-bond acceptors (Lipinski definition) is 3. The number of anilines is 2. The summed E-state index contributed by atoms with van der Waals surface area (Å²) in [5.74, 6) is 0. The molecule has 3 rings (SSSR count). The van der Waals surface area contributed by atoms with Crippen LogP contribution in [0, 0.1) is 0 Å². The van der Waals surface area contributed by atoms with Crippen molar-refractivity contribution in [3.63, 3.8) is 0 Å². The lowest BCUT2D eigenvalue weighted by atomic mass is 10.1. The minimum atomic E-state index is 0.816. The molecule has 3 aromatic rings. The molecule has 0 bridgehead atoms. The molecule has 0 aliphatic rings. The van der Waals surface area contributed by atoms with Crippen molar-refractivity contribution in [2.24, 2.45) is 0 Å². The predicted molar refractivity (Wildman–Crippen MR) is 91.8 cm³/mol. The van der Waals surface area contributed by atoms with Gasteiger partial charge in [0, 0.05) is 36.9 Å². The average molecular weight is 289 g/mol. The van der Waals surface area contributed by atoms with E-state index in [1.807, 2.05) is 30.3 Å². The molecule has 0 saturated heterocycles. The first-order chi connectivity index (χ1) is 10.9. The van der Waals surface area contributed by atoms with Crippen molar-refractivity contribution in [3.8, 4) is 0 Å². The fourth-order valence-electron chi connectivity index (χ4n) is 2.21. The van der Waals surface area contributed by atoms with E-state index in [4.69, 9.17) is 0 Å². The van der Waals surface area contributed by atoms with Gasteiger partial charge in [0.1, 0.15) is 0 Å². The smallest absolute Gasteiger partial charge is 0.0400 e. The molecule has 0 unspecified atom stereocenters. The van der Waals surface area contributed by atoms with Gasteiger partial charge in [-0.05, 0) is 35.4 Å². The Balaban J connectivity index is 1.52. The van der Waals surface area contributed by atoms with E-state index < -0.39 is 0 Å². The van der Waals surface area contributed by atoms with Gasteiger partial charge in [-0.1, -0.05) is 42.5 Å². The van der Waals surface area contributed by atoms with Crippen LogP contribution >= 0.6 is 0 Å². The average Bonchev–Trinajstić information content (AvgIpc) is 2.61. The number of benzene rings is 2. The lowest BCUT2D eigenvalue weighted by molar-refractivity contribution is 1.11. The zero-order valence-corrected chi connectivity index (χ0v) is 12.4. The number of pyridine rings is 1. The molecule has 0 saturated carbocycles. The van der Waals surface area contributed by atoms with Gasteiger partial charge in [-0.3, -0.25) is 4.98 Å². The highest BCUT2D eigenvalue weighted by Gasteiger charge is 1.96. The monoisotopic (exact) mass is 289 g/mol. The highest BCUT2D eigenvalue weighted by atomic mass is 14.9. The molecule has 3 nitrogen and oxygen atoms in total. The second-order valence-electron chi connectivity index (χ2n) is 5.13. The summed E-state index contributed by atoms with van der Waals surface area (Å²) in [7, 11) is 0. The Morgan fingerprint density at radius 1 is 0.591 bits per heavy atom. The number of hydrogen-bond donors (Lipinski definition) is 2. The van der Waals surface area contributed by atoms with Crippen LogP contribution in [0.3, 0.4) is 0 Å². The molecular formula is C19H19N3. The van der Waals surface area contributed by atoms with Gasteiger partial charge in [0.15, 0.2) is 0 Å². The first kappa shape index (κ1) is 14.1. The van der Waals surface area contributed by atoms with Gasteiger partial charge in [-0.2, -0.15) is 0 Å². The molecule has 110 valence electrons. The molecule has 3 heteroatoms. The lowest BCUT2D eigenvalue weighted by Gasteiger charge is -2.09. The molecular weight excluding hydrogens is 270 g/mol. The van der Waals surface area contributed by atoms with E-state index in [1.54, 1.807) is 12.4 Å². The van der Waals surface area contributed by atoms with Crippen molar-refractivity contribution in [3.05, 3.63) is 90.3 Å². The Kier molecular flexibility index (Phi) is 4.67. The van der Waals surface area contributed by atoms with Crippen molar-refractivity contribution in [2.75, 3.05) is 10.6 Å². The summed E-state index contributed by atoms with van der Waals surface area (Å²) >= 11 is 0. The Labute approximate surface area is 131 Å². The van der Waals surface area contributed by atoms with Crippen LogP contribution in [0.1, 0.15) is 11.1 Å². The normalized spacial score (nSPS) is 10.2. The molecule has 0 spiro atoms. The first-order valence-corrected chi connectivity index (χ1v) is 7.41. The molecule has 1 heterocycles. The zero-order valence-electron chi connectivity index (χ0n) is 12.4. The third-order valence-electron chi connectivity index (χ3n) is 3.47. The van der Waals surface area contributed by atoms with E-state index in [0.29, 0.717) is 0 Å². The van der Waals surface area contributed by atoms with Crippen molar-refractivity contribution in [1.82, 2.24) is 4.98 Å². The summed E-state index contributed by atoms with van der Waals surface area (Å²) in [6.45, 7) is 1.65. The molecule has 2 aromatic carbocycles. The third kappa shape index (κ3) is 4.09. The highest BCUT2D eigenvalue weighted by Crippen LogP contribution is 2.11. The number of para-hydroxylation sites is 1. The topological polar surface area (TPSA) is 37.0 Å². The number of rotatable bonds is 6. The van der Waals surface area contributed by atoms with Gasteiger partial charge in [-0.25, -0.2) is 0 Å². The van der Waals surface area contributed by atoms with Crippen LogP contribution in [0.5, 0.6) is 0 Å². The van der Waals surface area contributed by atoms with Crippen molar-refractivity contribution < 1.29 is 0 Å². The zero-order chi connectivity index (χ0) is 15.0. The van der Waals surface area contributed by atoms with Gasteiger partial charge in [-0.15, -0.1) is 0 Å². The minimum Gasteiger partial charge on any atom is -0.381 e. The third-order valence-corrected chi connectivity index (χ3v) is 3.47. The Morgan fingerprint density at radius 3 is 1.64 bits per heavy atom. The maximum Gasteiger partial charge on any atom is 0.0400 e. The number of nitrogens with zero attached hydrogens (tertiary/aromatic N) is 1. The number of nitrogens with one attached hydrogen (secondary N) is 2. The Hall–Kier alpha value is -2.81. The first-order valence-electron chi connectivity index (χ1n) is 7.41. The molecule has 0 fully saturated rings. The van der Waals surface area contributed by atoms with Gasteiger partial charge in [0.25, 0.3) is 0 Å². The second kappa shape index (κ2) is 7.27. The van der Waals surface area contributed by atoms with Crippen LogP contribution in [0.15, 0.2) is 79.1 Å². The summed E-state index contributed by atoms with van der Waals surface area (Å²) in [6, 6.07) is 22.9. The molecule has 0 aliphatic heterocycles. The summed E-state index contributed by atoms with van der Waals surface area (Å²) in [5.41, 5.74) is 4.77. The van der Waals surface area contributed by atoms with E-state index in [9.17, 15) is 0 Å². The van der Waals surface area contributed by atoms with E-state index >= 15 is 0 Å². The summed E-state index contributed by atoms with van der Waals surface area (Å²) in [5, 5.41) is 6.80. The molecule has 0 aliphatic carbocycles. The van der Waals surface area contributed by atoms with Crippen molar-refractivity contribution in [2.45, 2.75) is 13.1 Å². The second-order valence-corrected chi connectivity index (χ2v) is 5.13. The lowest BCUT2D eigenvalue weighted by Crippen LogP contribution is -2.01. The number of aromatic nitrogens is 1. The quantitative estimate of drug-likeness (QED) is 0.710. The summed E-state index contributed by atoms with van der Waals surface area (Å²) in [6.07, 6.45) is 3.58. The molecule has 1 aromatic heterocycles.